The van der Waals surface area contributed by atoms with E-state index < -0.39 is 11.9 Å². The predicted molar refractivity (Wildman–Crippen MR) is 179 cm³/mol. The van der Waals surface area contributed by atoms with Crippen LogP contribution in [-0.4, -0.2) is 52.5 Å². The number of carbonyl (C=O) groups is 2. The predicted octanol–water partition coefficient (Wildman–Crippen LogP) is 7.15. The number of esters is 2. The summed E-state index contributed by atoms with van der Waals surface area (Å²) in [6, 6.07) is 29.9. The Balaban J connectivity index is 1.59. The Bertz CT molecular complexity index is 1790. The van der Waals surface area contributed by atoms with Crippen molar-refractivity contribution in [2.24, 2.45) is 20.2 Å². The molecule has 0 saturated carbocycles. The van der Waals surface area contributed by atoms with Gasteiger partial charge < -0.3 is 14.6 Å². The highest BCUT2D eigenvalue weighted by Crippen LogP contribution is 2.33. The first-order chi connectivity index (χ1) is 22.0. The van der Waals surface area contributed by atoms with Crippen molar-refractivity contribution in [2.45, 2.75) is 13.8 Å². The summed E-state index contributed by atoms with van der Waals surface area (Å²) in [6.07, 6.45) is 1.47. The van der Waals surface area contributed by atoms with Crippen LogP contribution in [0.3, 0.4) is 0 Å². The van der Waals surface area contributed by atoms with Crippen LogP contribution in [0, 0.1) is 0 Å². The van der Waals surface area contributed by atoms with Gasteiger partial charge in [-0.3, -0.25) is 4.90 Å². The third-order valence-electron chi connectivity index (χ3n) is 6.30. The largest absolute Gasteiger partial charge is 0.507 e. The minimum atomic E-state index is -0.413. The first-order valence-corrected chi connectivity index (χ1v) is 14.9. The molecule has 10 nitrogen and oxygen atoms in total. The van der Waals surface area contributed by atoms with E-state index in [0.29, 0.717) is 44.1 Å². The van der Waals surface area contributed by atoms with E-state index in [2.05, 4.69) is 10.2 Å². The van der Waals surface area contributed by atoms with E-state index in [1.807, 2.05) is 35.2 Å². The summed E-state index contributed by atoms with van der Waals surface area (Å²) in [7, 11) is 0. The summed E-state index contributed by atoms with van der Waals surface area (Å²) in [4.78, 5) is 36.0. The summed E-state index contributed by atoms with van der Waals surface area (Å²) < 4.78 is 10.2. The highest BCUT2D eigenvalue weighted by atomic mass is 32.2. The molecule has 0 radical (unpaired) electrons. The SMILES string of the molecule is CCOC(=O)c1ccc(N=C2SC(=NN=Cc3ccccc3O)N(c3ccccc3)C2=Nc2ccc(C(=O)OCC)cc2)cc1. The molecule has 0 aromatic heterocycles. The lowest BCUT2D eigenvalue weighted by atomic mass is 10.2. The molecule has 226 valence electrons. The Morgan fingerprint density at radius 1 is 0.756 bits per heavy atom. The van der Waals surface area contributed by atoms with E-state index in [0.717, 1.165) is 5.69 Å². The maximum atomic E-state index is 12.2. The smallest absolute Gasteiger partial charge is 0.338 e. The molecule has 0 spiro atoms. The lowest BCUT2D eigenvalue weighted by Crippen LogP contribution is -2.30. The third-order valence-corrected chi connectivity index (χ3v) is 7.21. The molecule has 45 heavy (non-hydrogen) atoms. The Kier molecular flexibility index (Phi) is 10.1. The maximum absolute atomic E-state index is 12.2. The number of ether oxygens (including phenoxy) is 2. The van der Waals surface area contributed by atoms with Crippen molar-refractivity contribution in [1.29, 1.82) is 0 Å². The van der Waals surface area contributed by atoms with Crippen molar-refractivity contribution in [2.75, 3.05) is 18.1 Å². The molecule has 0 unspecified atom stereocenters. The summed E-state index contributed by atoms with van der Waals surface area (Å²) in [6.45, 7) is 4.07. The number of para-hydroxylation sites is 2. The summed E-state index contributed by atoms with van der Waals surface area (Å²) in [5.74, 6) is -0.264. The van der Waals surface area contributed by atoms with Crippen molar-refractivity contribution < 1.29 is 24.2 Å². The molecule has 1 N–H and O–H groups in total. The van der Waals surface area contributed by atoms with Crippen LogP contribution < -0.4 is 4.90 Å². The van der Waals surface area contributed by atoms with Gasteiger partial charge in [-0.15, -0.1) is 5.10 Å². The number of thioether (sulfide) groups is 1. The van der Waals surface area contributed by atoms with Crippen molar-refractivity contribution in [1.82, 2.24) is 0 Å². The Morgan fingerprint density at radius 2 is 1.31 bits per heavy atom. The standard InChI is InChI=1S/C34H29N5O5S/c1-3-43-32(41)23-14-18-26(19-15-23)36-30-31(37-27-20-16-24(17-21-27)33(42)44-4-2)45-34(39(30)28-11-6-5-7-12-28)38-35-22-25-10-8-9-13-29(25)40/h5-22,40H,3-4H2,1-2H3. The number of aliphatic imine (C=N–C) groups is 2. The molecule has 4 aromatic carbocycles. The van der Waals surface area contributed by atoms with Crippen molar-refractivity contribution in [3.05, 3.63) is 120 Å². The van der Waals surface area contributed by atoms with Gasteiger partial charge in [-0.1, -0.05) is 30.3 Å². The van der Waals surface area contributed by atoms with Crippen LogP contribution in [0.25, 0.3) is 0 Å². The fourth-order valence-electron chi connectivity index (χ4n) is 4.16. The number of anilines is 1. The minimum absolute atomic E-state index is 0.0856. The Hall–Kier alpha value is -5.55. The number of rotatable bonds is 9. The van der Waals surface area contributed by atoms with Crippen LogP contribution in [0.1, 0.15) is 40.1 Å². The van der Waals surface area contributed by atoms with Gasteiger partial charge in [0.2, 0.25) is 5.17 Å². The summed E-state index contributed by atoms with van der Waals surface area (Å²) in [5, 5.41) is 19.9. The van der Waals surface area contributed by atoms with Crippen LogP contribution in [-0.2, 0) is 9.47 Å². The van der Waals surface area contributed by atoms with E-state index in [4.69, 9.17) is 19.5 Å². The molecule has 4 aromatic rings. The number of benzene rings is 4. The van der Waals surface area contributed by atoms with Crippen molar-refractivity contribution >= 4 is 63.0 Å². The van der Waals surface area contributed by atoms with Gasteiger partial charge in [0.15, 0.2) is 5.84 Å². The normalized spacial score (nSPS) is 15.7. The number of aromatic hydroxyl groups is 1. The Morgan fingerprint density at radius 3 is 1.89 bits per heavy atom. The minimum Gasteiger partial charge on any atom is -0.507 e. The molecule has 5 rings (SSSR count). The monoisotopic (exact) mass is 619 g/mol. The average molecular weight is 620 g/mol. The first kappa shape index (κ1) is 30.9. The quantitative estimate of drug-likeness (QED) is 0.120. The number of amidine groups is 2. The van der Waals surface area contributed by atoms with Gasteiger partial charge in [0, 0.05) is 11.3 Å². The van der Waals surface area contributed by atoms with Crippen molar-refractivity contribution in [3.63, 3.8) is 0 Å². The fourth-order valence-corrected chi connectivity index (χ4v) is 5.08. The molecule has 11 heteroatoms. The number of nitrogens with zero attached hydrogens (tertiary/aromatic N) is 5. The van der Waals surface area contributed by atoms with E-state index in [-0.39, 0.29) is 19.0 Å². The van der Waals surface area contributed by atoms with Gasteiger partial charge in [-0.2, -0.15) is 5.10 Å². The van der Waals surface area contributed by atoms with Crippen LogP contribution >= 0.6 is 11.8 Å². The number of phenols is 1. The van der Waals surface area contributed by atoms with Crippen LogP contribution in [0.2, 0.25) is 0 Å². The Labute approximate surface area is 264 Å². The average Bonchev–Trinajstić information content (AvgIpc) is 3.39. The van der Waals surface area contributed by atoms with Gasteiger partial charge in [-0.25, -0.2) is 19.6 Å². The first-order valence-electron chi connectivity index (χ1n) is 14.1. The summed E-state index contributed by atoms with van der Waals surface area (Å²) >= 11 is 1.26. The molecule has 0 atom stereocenters. The molecule has 1 fully saturated rings. The molecule has 1 aliphatic rings. The lowest BCUT2D eigenvalue weighted by Gasteiger charge is -2.17. The van der Waals surface area contributed by atoms with E-state index >= 15 is 0 Å². The molecule has 1 saturated heterocycles. The van der Waals surface area contributed by atoms with Crippen LogP contribution in [0.5, 0.6) is 5.75 Å². The molecule has 1 heterocycles. The third kappa shape index (κ3) is 7.70. The number of hydrogen-bond acceptors (Lipinski definition) is 10. The number of carbonyl (C=O) groups excluding carboxylic acids is 2. The zero-order valence-corrected chi connectivity index (χ0v) is 25.3. The topological polar surface area (TPSA) is 126 Å². The van der Waals surface area contributed by atoms with E-state index in [9.17, 15) is 14.7 Å². The van der Waals surface area contributed by atoms with Gasteiger partial charge >= 0.3 is 11.9 Å². The highest BCUT2D eigenvalue weighted by Gasteiger charge is 2.35. The second-order valence-corrected chi connectivity index (χ2v) is 10.3. The zero-order chi connectivity index (χ0) is 31.6. The molecular weight excluding hydrogens is 590 g/mol. The molecule has 0 bridgehead atoms. The van der Waals surface area contributed by atoms with Crippen LogP contribution in [0.15, 0.2) is 123 Å². The maximum Gasteiger partial charge on any atom is 0.338 e. The van der Waals surface area contributed by atoms with Crippen LogP contribution in [0.4, 0.5) is 17.1 Å². The van der Waals surface area contributed by atoms with Gasteiger partial charge in [0.25, 0.3) is 0 Å². The molecule has 0 amide bonds. The second-order valence-electron chi connectivity index (χ2n) is 9.35. The van der Waals surface area contributed by atoms with E-state index in [1.54, 1.807) is 86.6 Å². The van der Waals surface area contributed by atoms with Gasteiger partial charge in [0.05, 0.1) is 41.9 Å². The fraction of sp³-hybridized carbons (Fsp3) is 0.118. The highest BCUT2D eigenvalue weighted by molar-refractivity contribution is 8.29. The second kappa shape index (κ2) is 14.8. The molecule has 1 aliphatic heterocycles. The van der Waals surface area contributed by atoms with Crippen molar-refractivity contribution in [3.8, 4) is 5.75 Å². The zero-order valence-electron chi connectivity index (χ0n) is 24.5. The van der Waals surface area contributed by atoms with E-state index in [1.165, 1.54) is 18.0 Å². The van der Waals surface area contributed by atoms with Gasteiger partial charge in [-0.05, 0) is 98.4 Å². The number of hydrogen-bond donors (Lipinski definition) is 1. The summed E-state index contributed by atoms with van der Waals surface area (Å²) in [5.41, 5.74) is 3.28. The molecule has 0 aliphatic carbocycles. The molecular formula is C34H29N5O5S. The number of phenolic OH excluding ortho intramolecular Hbond substituents is 1. The van der Waals surface area contributed by atoms with Gasteiger partial charge in [0.1, 0.15) is 10.8 Å². The lowest BCUT2D eigenvalue weighted by molar-refractivity contribution is 0.0517.